The summed E-state index contributed by atoms with van der Waals surface area (Å²) < 4.78 is 5.29. The third-order valence-electron chi connectivity index (χ3n) is 5.64. The molecule has 0 spiro atoms. The Balaban J connectivity index is 0.00000900. The number of carbonyl (C=O) groups is 2. The standard InChI is InChI=1S/C26H43NO3.Na.H/c1-2-3-4-5-6-7-8-9-10-11-12-13-14-15-16-17-22-30-26(29)24-20-18-23(19-21-24)25(27)28;;/h18-21H,2-17,22H2,1H3,(H2,27,28);;. The number of benzene rings is 1. The molecule has 0 aliphatic rings. The van der Waals surface area contributed by atoms with Crippen LogP contribution in [-0.4, -0.2) is 48.0 Å². The van der Waals surface area contributed by atoms with Gasteiger partial charge in [-0.2, -0.15) is 0 Å². The average Bonchev–Trinajstić information content (AvgIpc) is 2.75. The predicted octanol–water partition coefficient (Wildman–Crippen LogP) is 6.56. The van der Waals surface area contributed by atoms with Crippen molar-refractivity contribution < 1.29 is 14.3 Å². The summed E-state index contributed by atoms with van der Waals surface area (Å²) in [6.45, 7) is 2.73. The van der Waals surface area contributed by atoms with Gasteiger partial charge in [0.1, 0.15) is 0 Å². The molecule has 31 heavy (non-hydrogen) atoms. The van der Waals surface area contributed by atoms with Crippen LogP contribution in [0.5, 0.6) is 0 Å². The Morgan fingerprint density at radius 1 is 0.645 bits per heavy atom. The third kappa shape index (κ3) is 16.5. The van der Waals surface area contributed by atoms with E-state index in [2.05, 4.69) is 6.92 Å². The fourth-order valence-electron chi connectivity index (χ4n) is 3.67. The fourth-order valence-corrected chi connectivity index (χ4v) is 3.67. The molecule has 1 amide bonds. The molecule has 0 aromatic heterocycles. The Morgan fingerprint density at radius 2 is 1.00 bits per heavy atom. The van der Waals surface area contributed by atoms with Crippen LogP contribution in [0.2, 0.25) is 0 Å². The second kappa shape index (κ2) is 21.0. The molecule has 0 fully saturated rings. The molecule has 0 saturated heterocycles. The summed E-state index contributed by atoms with van der Waals surface area (Å²) in [6.07, 6.45) is 21.2. The van der Waals surface area contributed by atoms with Crippen molar-refractivity contribution in [2.24, 2.45) is 5.73 Å². The average molecular weight is 442 g/mol. The number of hydrogen-bond acceptors (Lipinski definition) is 3. The summed E-state index contributed by atoms with van der Waals surface area (Å²) in [5.74, 6) is -0.838. The molecule has 1 rings (SSSR count). The quantitative estimate of drug-likeness (QED) is 0.150. The number of amides is 1. The van der Waals surface area contributed by atoms with Crippen LogP contribution in [0.4, 0.5) is 0 Å². The monoisotopic (exact) mass is 441 g/mol. The van der Waals surface area contributed by atoms with Gasteiger partial charge in [0.15, 0.2) is 0 Å². The number of primary amides is 1. The van der Waals surface area contributed by atoms with Gasteiger partial charge in [-0.05, 0) is 30.7 Å². The van der Waals surface area contributed by atoms with Crippen molar-refractivity contribution in [3.63, 3.8) is 0 Å². The molecule has 0 radical (unpaired) electrons. The first-order valence-electron chi connectivity index (χ1n) is 12.2. The Morgan fingerprint density at radius 3 is 1.39 bits per heavy atom. The number of hydrogen-bond donors (Lipinski definition) is 1. The van der Waals surface area contributed by atoms with Gasteiger partial charge in [0.25, 0.3) is 0 Å². The van der Waals surface area contributed by atoms with Gasteiger partial charge < -0.3 is 10.5 Å². The maximum atomic E-state index is 11.9. The van der Waals surface area contributed by atoms with E-state index in [0.29, 0.717) is 17.7 Å². The zero-order valence-corrected chi connectivity index (χ0v) is 19.1. The number of esters is 1. The Kier molecular flexibility index (Phi) is 20.5. The van der Waals surface area contributed by atoms with Crippen molar-refractivity contribution in [2.75, 3.05) is 6.61 Å². The first-order chi connectivity index (χ1) is 14.6. The van der Waals surface area contributed by atoms with Crippen LogP contribution >= 0.6 is 0 Å². The molecular formula is C26H44NNaO3. The van der Waals surface area contributed by atoms with Crippen LogP contribution in [0, 0.1) is 0 Å². The Bertz CT molecular complexity index is 575. The Labute approximate surface area is 212 Å². The van der Waals surface area contributed by atoms with Crippen LogP contribution < -0.4 is 5.73 Å². The van der Waals surface area contributed by atoms with Gasteiger partial charge >= 0.3 is 35.5 Å². The predicted molar refractivity (Wildman–Crippen MR) is 132 cm³/mol. The first kappa shape index (κ1) is 30.2. The van der Waals surface area contributed by atoms with Crippen LogP contribution in [0.25, 0.3) is 0 Å². The summed E-state index contributed by atoms with van der Waals surface area (Å²) in [7, 11) is 0. The van der Waals surface area contributed by atoms with Gasteiger partial charge in [-0.1, -0.05) is 103 Å². The van der Waals surface area contributed by atoms with Crippen LogP contribution in [-0.2, 0) is 4.74 Å². The van der Waals surface area contributed by atoms with Gasteiger partial charge in [-0.3, -0.25) is 4.79 Å². The molecule has 0 atom stereocenters. The summed E-state index contributed by atoms with van der Waals surface area (Å²) in [5.41, 5.74) is 6.04. The first-order valence-corrected chi connectivity index (χ1v) is 12.2. The van der Waals surface area contributed by atoms with Crippen molar-refractivity contribution in [3.05, 3.63) is 35.4 Å². The van der Waals surface area contributed by atoms with E-state index in [9.17, 15) is 9.59 Å². The van der Waals surface area contributed by atoms with Gasteiger partial charge in [0.05, 0.1) is 12.2 Å². The zero-order chi connectivity index (χ0) is 21.9. The number of unbranched alkanes of at least 4 members (excludes halogenated alkanes) is 15. The van der Waals surface area contributed by atoms with E-state index in [0.717, 1.165) is 12.8 Å². The second-order valence-corrected chi connectivity index (χ2v) is 8.38. The van der Waals surface area contributed by atoms with E-state index in [-0.39, 0.29) is 35.5 Å². The van der Waals surface area contributed by atoms with Crippen molar-refractivity contribution in [3.8, 4) is 0 Å². The molecule has 1 aromatic rings. The molecule has 1 aromatic carbocycles. The molecule has 4 nitrogen and oxygen atoms in total. The van der Waals surface area contributed by atoms with Crippen LogP contribution in [0.15, 0.2) is 24.3 Å². The van der Waals surface area contributed by atoms with Gasteiger partial charge in [-0.25, -0.2) is 4.79 Å². The molecule has 0 heterocycles. The van der Waals surface area contributed by atoms with Gasteiger partial charge in [0, 0.05) is 5.56 Å². The van der Waals surface area contributed by atoms with Crippen LogP contribution in [0.3, 0.4) is 0 Å². The van der Waals surface area contributed by atoms with E-state index in [1.807, 2.05) is 0 Å². The van der Waals surface area contributed by atoms with E-state index < -0.39 is 5.91 Å². The SMILES string of the molecule is CCCCCCCCCCCCCCCCCCOC(=O)c1ccc(C(N)=O)cc1.[NaH]. The molecule has 2 N–H and O–H groups in total. The minimum atomic E-state index is -0.497. The molecule has 0 aliphatic heterocycles. The van der Waals surface area contributed by atoms with Gasteiger partial charge in [-0.15, -0.1) is 0 Å². The number of carbonyl (C=O) groups excluding carboxylic acids is 2. The molecule has 0 bridgehead atoms. The number of ether oxygens (including phenoxy) is 1. The molecule has 0 aliphatic carbocycles. The minimum absolute atomic E-state index is 0. The molecule has 0 saturated carbocycles. The molecular weight excluding hydrogens is 397 g/mol. The topological polar surface area (TPSA) is 69.4 Å². The zero-order valence-electron chi connectivity index (χ0n) is 19.1. The summed E-state index contributed by atoms with van der Waals surface area (Å²) in [4.78, 5) is 23.0. The molecule has 0 unspecified atom stereocenters. The van der Waals surface area contributed by atoms with Crippen molar-refractivity contribution in [1.82, 2.24) is 0 Å². The van der Waals surface area contributed by atoms with Gasteiger partial charge in [0.2, 0.25) is 5.91 Å². The maximum absolute atomic E-state index is 11.9. The van der Waals surface area contributed by atoms with Crippen LogP contribution in [0.1, 0.15) is 130 Å². The van der Waals surface area contributed by atoms with E-state index in [4.69, 9.17) is 10.5 Å². The number of rotatable bonds is 19. The third-order valence-corrected chi connectivity index (χ3v) is 5.64. The van der Waals surface area contributed by atoms with Crippen molar-refractivity contribution in [2.45, 2.75) is 110 Å². The number of nitrogens with two attached hydrogens (primary N) is 1. The summed E-state index contributed by atoms with van der Waals surface area (Å²) in [5, 5.41) is 0. The van der Waals surface area contributed by atoms with E-state index in [1.165, 1.54) is 89.9 Å². The van der Waals surface area contributed by atoms with E-state index in [1.54, 1.807) is 24.3 Å². The van der Waals surface area contributed by atoms with Crippen molar-refractivity contribution >= 4 is 41.4 Å². The van der Waals surface area contributed by atoms with E-state index >= 15 is 0 Å². The molecule has 5 heteroatoms. The normalized spacial score (nSPS) is 10.5. The summed E-state index contributed by atoms with van der Waals surface area (Å²) in [6, 6.07) is 6.26. The summed E-state index contributed by atoms with van der Waals surface area (Å²) >= 11 is 0. The van der Waals surface area contributed by atoms with Crippen molar-refractivity contribution in [1.29, 1.82) is 0 Å². The molecule has 172 valence electrons. The Hall–Kier alpha value is -0.840. The second-order valence-electron chi connectivity index (χ2n) is 8.38. The fraction of sp³-hybridized carbons (Fsp3) is 0.692.